The molecule has 2 aliphatic rings. The maximum Gasteiger partial charge on any atom is 0.231 e. The monoisotopic (exact) mass is 484 g/mol. The van der Waals surface area contributed by atoms with E-state index in [4.69, 9.17) is 18.9 Å². The first-order valence-electron chi connectivity index (χ1n) is 11.9. The van der Waals surface area contributed by atoms with Crippen molar-refractivity contribution in [3.63, 3.8) is 0 Å². The van der Waals surface area contributed by atoms with E-state index in [0.29, 0.717) is 29.5 Å². The van der Waals surface area contributed by atoms with Gasteiger partial charge in [-0.25, -0.2) is 0 Å². The third-order valence-electron chi connectivity index (χ3n) is 6.28. The van der Waals surface area contributed by atoms with Crippen LogP contribution in [0.15, 0.2) is 42.5 Å². The van der Waals surface area contributed by atoms with E-state index in [1.807, 2.05) is 24.3 Å². The molecule has 35 heavy (non-hydrogen) atoms. The number of methoxy groups -OCH3 is 1. The Morgan fingerprint density at radius 2 is 1.91 bits per heavy atom. The normalized spacial score (nSPS) is 19.5. The standard InChI is InChI=1S/C26H32N2O7/c1-3-4-11-28-24(30)13-21(25(28)17-5-7-19(32-2)8-6-17)26(31)27-14-18(29)15-33-20-9-10-22-23(12-20)35-16-34-22/h5-10,12,18,21,25,29H,3-4,11,13-16H2,1-2H3,(H,27,31). The Morgan fingerprint density at radius 1 is 1.17 bits per heavy atom. The SMILES string of the molecule is CCCCN1C(=O)CC(C(=O)NCC(O)COc2ccc3c(c2)OCO3)C1c1ccc(OC)cc1. The first kappa shape index (κ1) is 24.7. The summed E-state index contributed by atoms with van der Waals surface area (Å²) in [6.07, 6.45) is 1.03. The zero-order chi connectivity index (χ0) is 24.8. The topological polar surface area (TPSA) is 107 Å². The number of unbranched alkanes of at least 4 members (excludes halogenated alkanes) is 1. The lowest BCUT2D eigenvalue weighted by Crippen LogP contribution is -2.40. The molecule has 2 aliphatic heterocycles. The highest BCUT2D eigenvalue weighted by atomic mass is 16.7. The number of nitrogens with zero attached hydrogens (tertiary/aromatic N) is 1. The molecule has 9 nitrogen and oxygen atoms in total. The number of ether oxygens (including phenoxy) is 4. The first-order chi connectivity index (χ1) is 17.0. The molecule has 0 aliphatic carbocycles. The summed E-state index contributed by atoms with van der Waals surface area (Å²) in [5.41, 5.74) is 0.889. The van der Waals surface area contributed by atoms with Crippen LogP contribution in [-0.2, 0) is 9.59 Å². The molecule has 3 unspecified atom stereocenters. The fourth-order valence-electron chi connectivity index (χ4n) is 4.40. The highest BCUT2D eigenvalue weighted by molar-refractivity contribution is 5.90. The molecule has 1 fully saturated rings. The van der Waals surface area contributed by atoms with Crippen LogP contribution in [0.2, 0.25) is 0 Å². The molecular weight excluding hydrogens is 452 g/mol. The molecular formula is C26H32N2O7. The van der Waals surface area contributed by atoms with Crippen LogP contribution in [0.1, 0.15) is 37.8 Å². The minimum atomic E-state index is -0.919. The second-order valence-corrected chi connectivity index (χ2v) is 8.69. The van der Waals surface area contributed by atoms with Gasteiger partial charge in [0, 0.05) is 25.6 Å². The summed E-state index contributed by atoms with van der Waals surface area (Å²) < 4.78 is 21.5. The van der Waals surface area contributed by atoms with Crippen LogP contribution in [0.25, 0.3) is 0 Å². The number of benzene rings is 2. The molecule has 0 saturated carbocycles. The lowest BCUT2D eigenvalue weighted by molar-refractivity contribution is -0.129. The van der Waals surface area contributed by atoms with E-state index in [-0.39, 0.29) is 44.2 Å². The molecule has 2 aromatic rings. The highest BCUT2D eigenvalue weighted by Gasteiger charge is 2.44. The molecule has 1 saturated heterocycles. The van der Waals surface area contributed by atoms with E-state index < -0.39 is 12.0 Å². The maximum absolute atomic E-state index is 13.1. The summed E-state index contributed by atoms with van der Waals surface area (Å²) >= 11 is 0. The smallest absolute Gasteiger partial charge is 0.231 e. The van der Waals surface area contributed by atoms with Gasteiger partial charge in [-0.15, -0.1) is 0 Å². The lowest BCUT2D eigenvalue weighted by Gasteiger charge is -2.28. The highest BCUT2D eigenvalue weighted by Crippen LogP contribution is 2.39. The van der Waals surface area contributed by atoms with E-state index in [2.05, 4.69) is 12.2 Å². The van der Waals surface area contributed by atoms with Crippen molar-refractivity contribution in [1.29, 1.82) is 0 Å². The fourth-order valence-corrected chi connectivity index (χ4v) is 4.40. The van der Waals surface area contributed by atoms with E-state index in [0.717, 1.165) is 18.4 Å². The number of likely N-dealkylation sites (tertiary alicyclic amines) is 1. The van der Waals surface area contributed by atoms with Crippen molar-refractivity contribution in [1.82, 2.24) is 10.2 Å². The predicted octanol–water partition coefficient (Wildman–Crippen LogP) is 2.67. The van der Waals surface area contributed by atoms with E-state index >= 15 is 0 Å². The Kier molecular flexibility index (Phi) is 7.97. The van der Waals surface area contributed by atoms with Crippen LogP contribution in [0, 0.1) is 5.92 Å². The van der Waals surface area contributed by atoms with Gasteiger partial charge in [-0.05, 0) is 36.2 Å². The number of aliphatic hydroxyl groups is 1. The lowest BCUT2D eigenvalue weighted by atomic mass is 9.92. The van der Waals surface area contributed by atoms with Gasteiger partial charge in [-0.2, -0.15) is 0 Å². The number of rotatable bonds is 11. The van der Waals surface area contributed by atoms with Crippen molar-refractivity contribution in [3.8, 4) is 23.0 Å². The number of nitrogens with one attached hydrogen (secondary N) is 1. The molecule has 0 radical (unpaired) electrons. The van der Waals surface area contributed by atoms with Gasteiger partial charge in [0.1, 0.15) is 24.2 Å². The molecule has 2 N–H and O–H groups in total. The van der Waals surface area contributed by atoms with Crippen LogP contribution in [0.5, 0.6) is 23.0 Å². The van der Waals surface area contributed by atoms with Crippen LogP contribution in [0.3, 0.4) is 0 Å². The van der Waals surface area contributed by atoms with E-state index in [1.165, 1.54) is 0 Å². The number of hydrogen-bond donors (Lipinski definition) is 2. The summed E-state index contributed by atoms with van der Waals surface area (Å²) in [5.74, 6) is 1.64. The van der Waals surface area contributed by atoms with Crippen LogP contribution >= 0.6 is 0 Å². The minimum absolute atomic E-state index is 0.00590. The molecule has 4 rings (SSSR count). The van der Waals surface area contributed by atoms with Crippen molar-refractivity contribution in [2.24, 2.45) is 5.92 Å². The van der Waals surface area contributed by atoms with Gasteiger partial charge in [-0.3, -0.25) is 9.59 Å². The molecule has 188 valence electrons. The number of amides is 2. The second-order valence-electron chi connectivity index (χ2n) is 8.69. The number of carbonyl (C=O) groups excluding carboxylic acids is 2. The first-order valence-corrected chi connectivity index (χ1v) is 11.9. The van der Waals surface area contributed by atoms with Crippen LogP contribution in [-0.4, -0.2) is 61.5 Å². The van der Waals surface area contributed by atoms with Crippen LogP contribution < -0.4 is 24.3 Å². The summed E-state index contributed by atoms with van der Waals surface area (Å²) in [6.45, 7) is 2.85. The Balaban J connectivity index is 1.36. The third kappa shape index (κ3) is 5.79. The van der Waals surface area contributed by atoms with Crippen molar-refractivity contribution < 1.29 is 33.6 Å². The van der Waals surface area contributed by atoms with Crippen LogP contribution in [0.4, 0.5) is 0 Å². The van der Waals surface area contributed by atoms with Gasteiger partial charge in [0.05, 0.1) is 19.1 Å². The molecule has 2 heterocycles. The van der Waals surface area contributed by atoms with Crippen molar-refractivity contribution in [2.75, 3.05) is 33.6 Å². The summed E-state index contributed by atoms with van der Waals surface area (Å²) in [4.78, 5) is 27.7. The zero-order valence-electron chi connectivity index (χ0n) is 20.1. The second kappa shape index (κ2) is 11.3. The predicted molar refractivity (Wildman–Crippen MR) is 128 cm³/mol. The number of carbonyl (C=O) groups is 2. The Bertz CT molecular complexity index is 1030. The van der Waals surface area contributed by atoms with Gasteiger partial charge >= 0.3 is 0 Å². The molecule has 9 heteroatoms. The maximum atomic E-state index is 13.1. The Hall–Kier alpha value is -3.46. The molecule has 0 spiro atoms. The zero-order valence-corrected chi connectivity index (χ0v) is 20.1. The average molecular weight is 485 g/mol. The largest absolute Gasteiger partial charge is 0.497 e. The van der Waals surface area contributed by atoms with Crippen molar-refractivity contribution in [3.05, 3.63) is 48.0 Å². The summed E-state index contributed by atoms with van der Waals surface area (Å²) in [7, 11) is 1.60. The number of hydrogen-bond acceptors (Lipinski definition) is 7. The fraction of sp³-hybridized carbons (Fsp3) is 0.462. The quantitative estimate of drug-likeness (QED) is 0.505. The Labute approximate surface area is 204 Å². The molecule has 3 atom stereocenters. The average Bonchev–Trinajstić information content (AvgIpc) is 3.48. The molecule has 2 amide bonds. The van der Waals surface area contributed by atoms with E-state index in [1.54, 1.807) is 30.2 Å². The summed E-state index contributed by atoms with van der Waals surface area (Å²) in [5, 5.41) is 13.2. The van der Waals surface area contributed by atoms with Crippen molar-refractivity contribution >= 4 is 11.8 Å². The molecule has 2 aromatic carbocycles. The molecule has 0 bridgehead atoms. The summed E-state index contributed by atoms with van der Waals surface area (Å²) in [6, 6.07) is 12.3. The minimum Gasteiger partial charge on any atom is -0.497 e. The van der Waals surface area contributed by atoms with Gasteiger partial charge in [0.25, 0.3) is 0 Å². The van der Waals surface area contributed by atoms with Gasteiger partial charge in [-0.1, -0.05) is 25.5 Å². The number of aliphatic hydroxyl groups excluding tert-OH is 1. The van der Waals surface area contributed by atoms with Gasteiger partial charge in [0.15, 0.2) is 11.5 Å². The van der Waals surface area contributed by atoms with Crippen molar-refractivity contribution in [2.45, 2.75) is 38.3 Å². The van der Waals surface area contributed by atoms with Gasteiger partial charge < -0.3 is 34.3 Å². The Morgan fingerprint density at radius 3 is 2.66 bits per heavy atom. The van der Waals surface area contributed by atoms with Gasteiger partial charge in [0.2, 0.25) is 18.6 Å². The third-order valence-corrected chi connectivity index (χ3v) is 6.28. The van der Waals surface area contributed by atoms with E-state index in [9.17, 15) is 14.7 Å². The number of fused-ring (bicyclic) bond motifs is 1. The molecule has 0 aromatic heterocycles.